The molecule has 9 heteroatoms. The van der Waals surface area contributed by atoms with Crippen molar-refractivity contribution in [2.24, 2.45) is 10.1 Å². The molecule has 7 nitrogen and oxygen atoms in total. The van der Waals surface area contributed by atoms with Gasteiger partial charge in [0.1, 0.15) is 5.84 Å². The van der Waals surface area contributed by atoms with Crippen LogP contribution in [0.25, 0.3) is 0 Å². The Balaban J connectivity index is 0.00000220. The molecule has 0 saturated carbocycles. The number of hydrogen-bond donors (Lipinski definition) is 2. The van der Waals surface area contributed by atoms with Crippen molar-refractivity contribution in [2.45, 2.75) is 19.4 Å². The number of hydrogen-bond acceptors (Lipinski definition) is 5. The molecule has 0 bridgehead atoms. The van der Waals surface area contributed by atoms with Crippen molar-refractivity contribution in [1.82, 2.24) is 10.2 Å². The van der Waals surface area contributed by atoms with E-state index < -0.39 is 15.6 Å². The Hall–Kier alpha value is -1.38. The molecule has 118 valence electrons. The third-order valence-corrected chi connectivity index (χ3v) is 4.21. The number of carbonyl (C=O) groups excluding carboxylic acids is 1. The van der Waals surface area contributed by atoms with Gasteiger partial charge >= 0.3 is 0 Å². The highest BCUT2D eigenvalue weighted by atomic mass is 35.5. The standard InChI is InChI=1S/C12H18N4O3S.ClH/c1-12(2,8-13)14-11(17)9-3-4-10-15-20(18,19)6-5-16(10)7-9;/h3-4,7H,5-6,8,13H2,1-2H3,(H,14,17);1H. The van der Waals surface area contributed by atoms with Crippen LogP contribution in [0.3, 0.4) is 0 Å². The minimum Gasteiger partial charge on any atom is -0.346 e. The zero-order valence-corrected chi connectivity index (χ0v) is 13.5. The average Bonchev–Trinajstić information content (AvgIpc) is 2.36. The smallest absolute Gasteiger partial charge is 0.256 e. The maximum absolute atomic E-state index is 12.1. The highest BCUT2D eigenvalue weighted by Crippen LogP contribution is 2.16. The molecule has 0 atom stereocenters. The van der Waals surface area contributed by atoms with Crippen molar-refractivity contribution in [3.05, 3.63) is 23.9 Å². The summed E-state index contributed by atoms with van der Waals surface area (Å²) in [4.78, 5) is 13.8. The Bertz CT molecular complexity index is 622. The van der Waals surface area contributed by atoms with Gasteiger partial charge in [-0.3, -0.25) is 4.79 Å². The van der Waals surface area contributed by atoms with Crippen molar-refractivity contribution in [3.63, 3.8) is 0 Å². The molecule has 2 heterocycles. The Morgan fingerprint density at radius 2 is 2.14 bits per heavy atom. The van der Waals surface area contributed by atoms with Crippen LogP contribution in [-0.4, -0.2) is 49.4 Å². The quantitative estimate of drug-likeness (QED) is 0.741. The second kappa shape index (κ2) is 6.17. The largest absolute Gasteiger partial charge is 0.346 e. The van der Waals surface area contributed by atoms with Crippen LogP contribution in [0.2, 0.25) is 0 Å². The summed E-state index contributed by atoms with van der Waals surface area (Å²) in [5.74, 6) is 0.0411. The topological polar surface area (TPSA) is 105 Å². The molecule has 0 aliphatic carbocycles. The summed E-state index contributed by atoms with van der Waals surface area (Å²) in [5.41, 5.74) is 5.53. The molecule has 0 spiro atoms. The summed E-state index contributed by atoms with van der Waals surface area (Å²) in [5, 5.41) is 2.82. The SMILES string of the molecule is CC(C)(CN)NC(=O)C1=CN2CCS(=O)(=O)N=C2C=C1.Cl. The predicted molar refractivity (Wildman–Crippen MR) is 83.7 cm³/mol. The van der Waals surface area contributed by atoms with Crippen molar-refractivity contribution >= 4 is 34.2 Å². The molecule has 2 aliphatic rings. The number of amides is 1. The molecule has 0 radical (unpaired) electrons. The van der Waals surface area contributed by atoms with Gasteiger partial charge in [-0.25, -0.2) is 8.42 Å². The first kappa shape index (κ1) is 17.7. The summed E-state index contributed by atoms with van der Waals surface area (Å²) in [6.07, 6.45) is 4.69. The normalized spacial score (nSPS) is 19.9. The summed E-state index contributed by atoms with van der Waals surface area (Å²) >= 11 is 0. The van der Waals surface area contributed by atoms with Gasteiger partial charge in [0.25, 0.3) is 15.9 Å². The number of nitrogens with zero attached hydrogens (tertiary/aromatic N) is 2. The van der Waals surface area contributed by atoms with Crippen molar-refractivity contribution in [3.8, 4) is 0 Å². The van der Waals surface area contributed by atoms with E-state index in [2.05, 4.69) is 9.71 Å². The van der Waals surface area contributed by atoms with Crippen LogP contribution in [0.1, 0.15) is 13.8 Å². The van der Waals surface area contributed by atoms with E-state index in [-0.39, 0.29) is 24.1 Å². The minimum atomic E-state index is -3.37. The van der Waals surface area contributed by atoms with Crippen molar-refractivity contribution in [2.75, 3.05) is 18.8 Å². The van der Waals surface area contributed by atoms with E-state index in [0.29, 0.717) is 24.5 Å². The Morgan fingerprint density at radius 3 is 2.76 bits per heavy atom. The van der Waals surface area contributed by atoms with Gasteiger partial charge in [-0.05, 0) is 26.0 Å². The van der Waals surface area contributed by atoms with Crippen LogP contribution in [0.5, 0.6) is 0 Å². The molecule has 0 unspecified atom stereocenters. The Labute approximate surface area is 130 Å². The van der Waals surface area contributed by atoms with Crippen LogP contribution in [0.15, 0.2) is 28.3 Å². The first-order chi connectivity index (χ1) is 9.22. The molecule has 0 aromatic heterocycles. The van der Waals surface area contributed by atoms with Gasteiger partial charge in [0.2, 0.25) is 0 Å². The van der Waals surface area contributed by atoms with E-state index in [9.17, 15) is 13.2 Å². The Morgan fingerprint density at radius 1 is 1.48 bits per heavy atom. The third kappa shape index (κ3) is 4.29. The Kier molecular flexibility index (Phi) is 5.19. The first-order valence-electron chi connectivity index (χ1n) is 6.24. The number of halogens is 1. The van der Waals surface area contributed by atoms with E-state index >= 15 is 0 Å². The molecule has 0 aromatic carbocycles. The zero-order valence-electron chi connectivity index (χ0n) is 11.9. The van der Waals surface area contributed by atoms with E-state index in [1.54, 1.807) is 17.2 Å². The summed E-state index contributed by atoms with van der Waals surface area (Å²) in [6, 6.07) is 0. The number of sulfonamides is 1. The predicted octanol–water partition coefficient (Wildman–Crippen LogP) is -0.241. The van der Waals surface area contributed by atoms with Gasteiger partial charge in [-0.2, -0.15) is 0 Å². The van der Waals surface area contributed by atoms with Crippen LogP contribution in [0, 0.1) is 0 Å². The molecule has 3 N–H and O–H groups in total. The van der Waals surface area contributed by atoms with Gasteiger partial charge in [0.05, 0.1) is 11.3 Å². The van der Waals surface area contributed by atoms with E-state index in [1.807, 2.05) is 13.8 Å². The number of rotatable bonds is 3. The molecule has 0 aromatic rings. The zero-order chi connectivity index (χ0) is 15.0. The lowest BCUT2D eigenvalue weighted by molar-refractivity contribution is -0.118. The fourth-order valence-corrected chi connectivity index (χ4v) is 2.74. The summed E-state index contributed by atoms with van der Waals surface area (Å²) < 4.78 is 26.4. The molecule has 1 amide bonds. The molecule has 2 rings (SSSR count). The molecular formula is C12H19ClN4O3S. The lowest BCUT2D eigenvalue weighted by atomic mass is 10.0. The second-order valence-corrected chi connectivity index (χ2v) is 7.14. The lowest BCUT2D eigenvalue weighted by Crippen LogP contribution is -2.49. The highest BCUT2D eigenvalue weighted by Gasteiger charge is 2.26. The fourth-order valence-electron chi connectivity index (χ4n) is 1.77. The van der Waals surface area contributed by atoms with E-state index in [0.717, 1.165) is 0 Å². The van der Waals surface area contributed by atoms with Gasteiger partial charge in [-0.15, -0.1) is 16.8 Å². The monoisotopic (exact) mass is 334 g/mol. The van der Waals surface area contributed by atoms with E-state index in [1.165, 1.54) is 6.08 Å². The lowest BCUT2D eigenvalue weighted by Gasteiger charge is -2.29. The van der Waals surface area contributed by atoms with Crippen LogP contribution >= 0.6 is 12.4 Å². The van der Waals surface area contributed by atoms with Crippen LogP contribution in [0.4, 0.5) is 0 Å². The number of carbonyl (C=O) groups is 1. The number of nitrogens with two attached hydrogens (primary N) is 1. The van der Waals surface area contributed by atoms with Gasteiger partial charge < -0.3 is 16.0 Å². The molecule has 21 heavy (non-hydrogen) atoms. The number of amidine groups is 1. The third-order valence-electron chi connectivity index (χ3n) is 3.05. The first-order valence-corrected chi connectivity index (χ1v) is 7.85. The maximum atomic E-state index is 12.1. The van der Waals surface area contributed by atoms with Crippen LogP contribution in [-0.2, 0) is 14.8 Å². The second-order valence-electron chi connectivity index (χ2n) is 5.39. The molecule has 2 aliphatic heterocycles. The minimum absolute atomic E-state index is 0. The highest BCUT2D eigenvalue weighted by molar-refractivity contribution is 7.90. The van der Waals surface area contributed by atoms with Gasteiger partial charge in [0, 0.05) is 24.8 Å². The van der Waals surface area contributed by atoms with Crippen molar-refractivity contribution in [1.29, 1.82) is 0 Å². The number of fused-ring (bicyclic) bond motifs is 1. The summed E-state index contributed by atoms with van der Waals surface area (Å²) in [6.45, 7) is 4.28. The van der Waals surface area contributed by atoms with Gasteiger partial charge in [-0.1, -0.05) is 0 Å². The fraction of sp³-hybridized carbons (Fsp3) is 0.500. The van der Waals surface area contributed by atoms with Crippen molar-refractivity contribution < 1.29 is 13.2 Å². The van der Waals surface area contributed by atoms with E-state index in [4.69, 9.17) is 5.73 Å². The van der Waals surface area contributed by atoms with Crippen LogP contribution < -0.4 is 11.1 Å². The maximum Gasteiger partial charge on any atom is 0.256 e. The van der Waals surface area contributed by atoms with Gasteiger partial charge in [0.15, 0.2) is 0 Å². The molecule has 0 saturated heterocycles. The average molecular weight is 335 g/mol. The number of nitrogens with one attached hydrogen (secondary N) is 1. The molecule has 0 fully saturated rings. The summed E-state index contributed by atoms with van der Waals surface area (Å²) in [7, 11) is -3.37. The molecular weight excluding hydrogens is 316 g/mol.